The SMILES string of the molecule is C/C=C\C(/C=C\CCN(C)[O-])N([O-])c1ccc(Oc2ccccc2)cc1. The number of hydrogen-bond donors (Lipinski definition) is 0. The lowest BCUT2D eigenvalue weighted by atomic mass is 10.2. The van der Waals surface area contributed by atoms with Crippen molar-refractivity contribution in [1.82, 2.24) is 5.06 Å². The maximum atomic E-state index is 12.6. The number of anilines is 1. The molecule has 0 N–H and O–H groups in total. The van der Waals surface area contributed by atoms with E-state index >= 15 is 0 Å². The Labute approximate surface area is 155 Å². The number of ether oxygens (including phenoxy) is 1. The van der Waals surface area contributed by atoms with Gasteiger partial charge >= 0.3 is 0 Å². The predicted molar refractivity (Wildman–Crippen MR) is 107 cm³/mol. The normalized spacial score (nSPS) is 12.8. The average Bonchev–Trinajstić information content (AvgIpc) is 2.65. The molecule has 0 radical (unpaired) electrons. The average molecular weight is 352 g/mol. The molecule has 0 spiro atoms. The van der Waals surface area contributed by atoms with E-state index in [-0.39, 0.29) is 0 Å². The van der Waals surface area contributed by atoms with Gasteiger partial charge in [-0.25, -0.2) is 0 Å². The Kier molecular flexibility index (Phi) is 7.89. The first-order chi connectivity index (χ1) is 12.6. The van der Waals surface area contributed by atoms with Gasteiger partial charge in [0.25, 0.3) is 0 Å². The van der Waals surface area contributed by atoms with Gasteiger partial charge in [0, 0.05) is 5.69 Å². The minimum Gasteiger partial charge on any atom is -0.785 e. The van der Waals surface area contributed by atoms with E-state index in [0.29, 0.717) is 24.4 Å². The Morgan fingerprint density at radius 1 is 0.962 bits per heavy atom. The Morgan fingerprint density at radius 2 is 1.62 bits per heavy atom. The van der Waals surface area contributed by atoms with Crippen molar-refractivity contribution in [3.8, 4) is 11.5 Å². The lowest BCUT2D eigenvalue weighted by molar-refractivity contribution is 0.467. The van der Waals surface area contributed by atoms with E-state index in [9.17, 15) is 10.4 Å². The first-order valence-electron chi connectivity index (χ1n) is 8.57. The fourth-order valence-corrected chi connectivity index (χ4v) is 2.37. The third-order valence-corrected chi connectivity index (χ3v) is 3.67. The molecule has 0 aliphatic heterocycles. The minimum absolute atomic E-state index is 0.406. The maximum absolute atomic E-state index is 12.6. The molecule has 0 aliphatic carbocycles. The molecule has 1 unspecified atom stereocenters. The van der Waals surface area contributed by atoms with Crippen LogP contribution in [0.25, 0.3) is 0 Å². The summed E-state index contributed by atoms with van der Waals surface area (Å²) in [6.45, 7) is 2.28. The molecular formula is C21H24N2O3-2. The zero-order valence-electron chi connectivity index (χ0n) is 15.1. The van der Waals surface area contributed by atoms with Crippen LogP contribution in [0.15, 0.2) is 78.9 Å². The van der Waals surface area contributed by atoms with E-state index in [1.165, 1.54) is 7.05 Å². The van der Waals surface area contributed by atoms with Crippen molar-refractivity contribution in [2.75, 3.05) is 18.7 Å². The van der Waals surface area contributed by atoms with Crippen molar-refractivity contribution in [3.05, 3.63) is 89.3 Å². The van der Waals surface area contributed by atoms with Gasteiger partial charge in [-0.05, 0) is 63.3 Å². The van der Waals surface area contributed by atoms with Crippen molar-refractivity contribution >= 4 is 5.69 Å². The highest BCUT2D eigenvalue weighted by Gasteiger charge is 2.05. The number of nitrogens with zero attached hydrogens (tertiary/aromatic N) is 2. The van der Waals surface area contributed by atoms with E-state index in [1.807, 2.05) is 61.6 Å². The van der Waals surface area contributed by atoms with Gasteiger partial charge in [0.2, 0.25) is 0 Å². The third-order valence-electron chi connectivity index (χ3n) is 3.67. The van der Waals surface area contributed by atoms with Crippen molar-refractivity contribution in [3.63, 3.8) is 0 Å². The molecule has 0 aliphatic rings. The maximum Gasteiger partial charge on any atom is 0.127 e. The molecule has 0 heterocycles. The van der Waals surface area contributed by atoms with Gasteiger partial charge in [-0.2, -0.15) is 0 Å². The van der Waals surface area contributed by atoms with Crippen LogP contribution in [0, 0.1) is 10.4 Å². The van der Waals surface area contributed by atoms with Gasteiger partial charge in [-0.3, -0.25) is 0 Å². The largest absolute Gasteiger partial charge is 0.785 e. The number of hydrogen-bond acceptors (Lipinski definition) is 5. The number of benzene rings is 2. The Morgan fingerprint density at radius 3 is 2.23 bits per heavy atom. The molecule has 138 valence electrons. The Bertz CT molecular complexity index is 697. The van der Waals surface area contributed by atoms with Crippen molar-refractivity contribution in [1.29, 1.82) is 0 Å². The molecule has 0 saturated carbocycles. The number of rotatable bonds is 9. The van der Waals surface area contributed by atoms with Crippen LogP contribution in [0.2, 0.25) is 0 Å². The van der Waals surface area contributed by atoms with E-state index in [4.69, 9.17) is 4.74 Å². The van der Waals surface area contributed by atoms with Crippen LogP contribution in [0.1, 0.15) is 13.3 Å². The van der Waals surface area contributed by atoms with Crippen LogP contribution in [-0.2, 0) is 0 Å². The van der Waals surface area contributed by atoms with Gasteiger partial charge in [0.05, 0.1) is 6.04 Å². The monoisotopic (exact) mass is 352 g/mol. The number of hydroxylamine groups is 3. The first kappa shape index (κ1) is 19.7. The highest BCUT2D eigenvalue weighted by molar-refractivity contribution is 5.53. The molecule has 0 aromatic heterocycles. The summed E-state index contributed by atoms with van der Waals surface area (Å²) in [7, 11) is 1.48. The summed E-state index contributed by atoms with van der Waals surface area (Å²) in [6, 6.07) is 16.1. The summed E-state index contributed by atoms with van der Waals surface area (Å²) in [5, 5.41) is 25.4. The second-order valence-electron chi connectivity index (χ2n) is 5.82. The predicted octanol–water partition coefficient (Wildman–Crippen LogP) is 5.10. The molecule has 0 fully saturated rings. The Balaban J connectivity index is 2.02. The summed E-state index contributed by atoms with van der Waals surface area (Å²) in [5.41, 5.74) is 0.541. The molecule has 5 nitrogen and oxygen atoms in total. The topological polar surface area (TPSA) is 61.8 Å². The van der Waals surface area contributed by atoms with Crippen molar-refractivity contribution < 1.29 is 4.74 Å². The van der Waals surface area contributed by atoms with Gasteiger partial charge in [0.1, 0.15) is 11.5 Å². The molecule has 1 atom stereocenters. The lowest BCUT2D eigenvalue weighted by Crippen LogP contribution is -2.26. The number of para-hydroxylation sites is 1. The van der Waals surface area contributed by atoms with Gasteiger partial charge < -0.3 is 25.3 Å². The molecule has 2 rings (SSSR count). The Hall–Kier alpha value is -2.60. The van der Waals surface area contributed by atoms with Crippen molar-refractivity contribution in [2.24, 2.45) is 0 Å². The van der Waals surface area contributed by atoms with Crippen LogP contribution in [-0.4, -0.2) is 24.7 Å². The zero-order valence-corrected chi connectivity index (χ0v) is 15.1. The minimum atomic E-state index is -0.419. The molecule has 26 heavy (non-hydrogen) atoms. The summed E-state index contributed by atoms with van der Waals surface area (Å²) in [4.78, 5) is 0. The molecule has 0 saturated heterocycles. The molecule has 5 heteroatoms. The molecule has 2 aromatic carbocycles. The summed E-state index contributed by atoms with van der Waals surface area (Å²) >= 11 is 0. The van der Waals surface area contributed by atoms with Gasteiger partial charge in [-0.15, -0.1) is 0 Å². The second-order valence-corrected chi connectivity index (χ2v) is 5.82. The van der Waals surface area contributed by atoms with Crippen molar-refractivity contribution in [2.45, 2.75) is 19.4 Å². The standard InChI is InChI=1S/C21H24N2O3/c1-3-9-18(10-7-8-17-22(2)24)23(25)19-13-15-21(16-14-19)26-20-11-5-4-6-12-20/h3-7,9-16,18H,8,17H2,1-2H3/q-2/b9-3-,10-7-. The van der Waals surface area contributed by atoms with E-state index < -0.39 is 6.04 Å². The fourth-order valence-electron chi connectivity index (χ4n) is 2.37. The van der Waals surface area contributed by atoms with Gasteiger partial charge in [-0.1, -0.05) is 42.5 Å². The lowest BCUT2D eigenvalue weighted by Gasteiger charge is -2.36. The quantitative estimate of drug-likeness (QED) is 0.464. The molecule has 2 aromatic rings. The number of allylic oxidation sites excluding steroid dienone is 1. The molecule has 0 amide bonds. The first-order valence-corrected chi connectivity index (χ1v) is 8.57. The van der Waals surface area contributed by atoms with Crippen LogP contribution in [0.3, 0.4) is 0 Å². The van der Waals surface area contributed by atoms with Crippen LogP contribution in [0.4, 0.5) is 5.69 Å². The zero-order chi connectivity index (χ0) is 18.8. The van der Waals surface area contributed by atoms with E-state index in [2.05, 4.69) is 0 Å². The van der Waals surface area contributed by atoms with E-state index in [1.54, 1.807) is 24.3 Å². The van der Waals surface area contributed by atoms with Gasteiger partial charge in [0.15, 0.2) is 0 Å². The molecular weight excluding hydrogens is 328 g/mol. The van der Waals surface area contributed by atoms with E-state index in [0.717, 1.165) is 15.9 Å². The third kappa shape index (κ3) is 6.37. The highest BCUT2D eigenvalue weighted by Crippen LogP contribution is 2.25. The van der Waals surface area contributed by atoms with Crippen LogP contribution < -0.4 is 9.80 Å². The van der Waals surface area contributed by atoms with Crippen LogP contribution in [0.5, 0.6) is 11.5 Å². The van der Waals surface area contributed by atoms with Crippen LogP contribution >= 0.6 is 0 Å². The highest BCUT2D eigenvalue weighted by atomic mass is 16.5. The molecule has 0 bridgehead atoms. The summed E-state index contributed by atoms with van der Waals surface area (Å²) in [6.07, 6.45) is 7.93. The second kappa shape index (κ2) is 10.4. The summed E-state index contributed by atoms with van der Waals surface area (Å²) in [5.74, 6) is 1.42. The summed E-state index contributed by atoms with van der Waals surface area (Å²) < 4.78 is 5.74. The smallest absolute Gasteiger partial charge is 0.127 e. The fraction of sp³-hybridized carbons (Fsp3) is 0.238.